The van der Waals surface area contributed by atoms with Gasteiger partial charge in [0.15, 0.2) is 6.61 Å². The Bertz CT molecular complexity index is 707. The first kappa shape index (κ1) is 16.7. The molecule has 0 bridgehead atoms. The van der Waals surface area contributed by atoms with Crippen molar-refractivity contribution in [1.29, 1.82) is 0 Å². The minimum atomic E-state index is -0.659. The van der Waals surface area contributed by atoms with Crippen LogP contribution in [0, 0.1) is 19.7 Å². The Morgan fingerprint density at radius 2 is 2.09 bits per heavy atom. The van der Waals surface area contributed by atoms with Gasteiger partial charge in [0.25, 0.3) is 5.91 Å². The second kappa shape index (κ2) is 7.04. The first-order valence-electron chi connectivity index (χ1n) is 6.97. The van der Waals surface area contributed by atoms with Crippen LogP contribution in [0.2, 0.25) is 0 Å². The molecule has 1 heterocycles. The average molecular weight is 320 g/mol. The van der Waals surface area contributed by atoms with Crippen LogP contribution in [0.3, 0.4) is 0 Å². The van der Waals surface area contributed by atoms with Crippen molar-refractivity contribution < 1.29 is 23.2 Å². The van der Waals surface area contributed by atoms with Gasteiger partial charge >= 0.3 is 5.97 Å². The number of likely N-dealkylation sites (N-methyl/N-ethyl adjacent to an activating group) is 1. The molecule has 1 aromatic heterocycles. The van der Waals surface area contributed by atoms with E-state index < -0.39 is 18.5 Å². The van der Waals surface area contributed by atoms with Crippen molar-refractivity contribution in [1.82, 2.24) is 10.1 Å². The Kier molecular flexibility index (Phi) is 5.10. The van der Waals surface area contributed by atoms with Gasteiger partial charge in [-0.25, -0.2) is 9.18 Å². The number of halogens is 1. The number of ether oxygens (including phenoxy) is 1. The van der Waals surface area contributed by atoms with Gasteiger partial charge in [-0.1, -0.05) is 17.3 Å². The summed E-state index contributed by atoms with van der Waals surface area (Å²) in [6.45, 7) is 3.02. The Hall–Kier alpha value is -2.70. The first-order valence-corrected chi connectivity index (χ1v) is 6.97. The van der Waals surface area contributed by atoms with E-state index in [1.165, 1.54) is 17.0 Å². The Balaban J connectivity index is 1.90. The monoisotopic (exact) mass is 320 g/mol. The van der Waals surface area contributed by atoms with E-state index in [0.717, 1.165) is 0 Å². The number of esters is 1. The number of hydrogen-bond donors (Lipinski definition) is 0. The van der Waals surface area contributed by atoms with Gasteiger partial charge in [-0.3, -0.25) is 4.79 Å². The number of benzene rings is 1. The third-order valence-electron chi connectivity index (χ3n) is 3.30. The summed E-state index contributed by atoms with van der Waals surface area (Å²) in [5.41, 5.74) is 1.29. The van der Waals surface area contributed by atoms with Crippen LogP contribution in [0.15, 0.2) is 28.8 Å². The molecule has 0 radical (unpaired) electrons. The molecule has 1 amide bonds. The maximum Gasteiger partial charge on any atom is 0.344 e. The average Bonchev–Trinajstić information content (AvgIpc) is 2.83. The molecule has 0 N–H and O–H groups in total. The number of hydrogen-bond acceptors (Lipinski definition) is 5. The fourth-order valence-corrected chi connectivity index (χ4v) is 2.08. The SMILES string of the molecule is Cc1noc(C)c1C(=O)OCC(=O)N(C)Cc1cccc(F)c1. The maximum absolute atomic E-state index is 13.1. The van der Waals surface area contributed by atoms with E-state index >= 15 is 0 Å². The highest BCUT2D eigenvalue weighted by atomic mass is 19.1. The van der Waals surface area contributed by atoms with Gasteiger partial charge in [0, 0.05) is 13.6 Å². The fraction of sp³-hybridized carbons (Fsp3) is 0.312. The molecule has 0 aliphatic heterocycles. The maximum atomic E-state index is 13.1. The fourth-order valence-electron chi connectivity index (χ4n) is 2.08. The van der Waals surface area contributed by atoms with E-state index in [2.05, 4.69) is 5.16 Å². The lowest BCUT2D eigenvalue weighted by molar-refractivity contribution is -0.133. The summed E-state index contributed by atoms with van der Waals surface area (Å²) in [5.74, 6) is -1.08. The van der Waals surface area contributed by atoms with Crippen LogP contribution >= 0.6 is 0 Å². The first-order chi connectivity index (χ1) is 10.9. The second-order valence-corrected chi connectivity index (χ2v) is 5.16. The molecule has 1 aromatic carbocycles. The van der Waals surface area contributed by atoms with Crippen LogP contribution in [-0.2, 0) is 16.1 Å². The van der Waals surface area contributed by atoms with Crippen molar-refractivity contribution >= 4 is 11.9 Å². The second-order valence-electron chi connectivity index (χ2n) is 5.16. The Morgan fingerprint density at radius 1 is 1.35 bits per heavy atom. The van der Waals surface area contributed by atoms with Gasteiger partial charge in [-0.05, 0) is 31.5 Å². The number of aryl methyl sites for hydroxylation is 2. The summed E-state index contributed by atoms with van der Waals surface area (Å²) in [5, 5.41) is 3.66. The number of carbonyl (C=O) groups excluding carboxylic acids is 2. The molecule has 0 fully saturated rings. The highest BCUT2D eigenvalue weighted by molar-refractivity contribution is 5.93. The zero-order valence-corrected chi connectivity index (χ0v) is 13.1. The molecule has 2 aromatic rings. The van der Waals surface area contributed by atoms with Crippen LogP contribution in [0.4, 0.5) is 4.39 Å². The van der Waals surface area contributed by atoms with E-state index in [1.807, 2.05) is 0 Å². The van der Waals surface area contributed by atoms with Crippen molar-refractivity contribution in [3.8, 4) is 0 Å². The molecule has 23 heavy (non-hydrogen) atoms. The highest BCUT2D eigenvalue weighted by Crippen LogP contribution is 2.13. The van der Waals surface area contributed by atoms with E-state index in [1.54, 1.807) is 33.0 Å². The standard InChI is InChI=1S/C16H17FN2O4/c1-10-15(11(2)23-18-10)16(21)22-9-14(20)19(3)8-12-5-4-6-13(17)7-12/h4-7H,8-9H2,1-3H3. The summed E-state index contributed by atoms with van der Waals surface area (Å²) in [6.07, 6.45) is 0. The minimum Gasteiger partial charge on any atom is -0.452 e. The van der Waals surface area contributed by atoms with Crippen molar-refractivity contribution in [3.05, 3.63) is 52.7 Å². The van der Waals surface area contributed by atoms with Crippen LogP contribution in [0.25, 0.3) is 0 Å². The molecule has 122 valence electrons. The van der Waals surface area contributed by atoms with Crippen LogP contribution in [-0.4, -0.2) is 35.6 Å². The third kappa shape index (κ3) is 4.15. The summed E-state index contributed by atoms with van der Waals surface area (Å²) < 4.78 is 23.0. The van der Waals surface area contributed by atoms with Crippen LogP contribution in [0.5, 0.6) is 0 Å². The molecule has 0 atom stereocenters. The van der Waals surface area contributed by atoms with E-state index in [9.17, 15) is 14.0 Å². The highest BCUT2D eigenvalue weighted by Gasteiger charge is 2.20. The predicted molar refractivity (Wildman–Crippen MR) is 79.1 cm³/mol. The largest absolute Gasteiger partial charge is 0.452 e. The summed E-state index contributed by atoms with van der Waals surface area (Å²) in [7, 11) is 1.55. The normalized spacial score (nSPS) is 10.4. The molecule has 0 aliphatic rings. The van der Waals surface area contributed by atoms with Gasteiger partial charge in [0.05, 0.1) is 5.69 Å². The third-order valence-corrected chi connectivity index (χ3v) is 3.30. The zero-order chi connectivity index (χ0) is 17.0. The van der Waals surface area contributed by atoms with Crippen LogP contribution in [0.1, 0.15) is 27.4 Å². The number of amides is 1. The lowest BCUT2D eigenvalue weighted by Crippen LogP contribution is -2.31. The molecular formula is C16H17FN2O4. The lowest BCUT2D eigenvalue weighted by atomic mass is 10.2. The van der Waals surface area contributed by atoms with E-state index in [0.29, 0.717) is 17.0 Å². The Morgan fingerprint density at radius 3 is 2.70 bits per heavy atom. The Labute approximate surface area is 132 Å². The lowest BCUT2D eigenvalue weighted by Gasteiger charge is -2.17. The van der Waals surface area contributed by atoms with Crippen molar-refractivity contribution in [2.24, 2.45) is 0 Å². The zero-order valence-electron chi connectivity index (χ0n) is 13.1. The van der Waals surface area contributed by atoms with Crippen molar-refractivity contribution in [2.75, 3.05) is 13.7 Å². The topological polar surface area (TPSA) is 72.6 Å². The smallest absolute Gasteiger partial charge is 0.344 e. The predicted octanol–water partition coefficient (Wildman–Crippen LogP) is 2.25. The summed E-state index contributed by atoms with van der Waals surface area (Å²) in [6, 6.07) is 5.96. The van der Waals surface area contributed by atoms with Gasteiger partial charge in [-0.2, -0.15) is 0 Å². The molecular weight excluding hydrogens is 303 g/mol. The number of carbonyl (C=O) groups is 2. The number of aromatic nitrogens is 1. The molecule has 7 heteroatoms. The quantitative estimate of drug-likeness (QED) is 0.790. The molecule has 6 nitrogen and oxygen atoms in total. The van der Waals surface area contributed by atoms with Crippen LogP contribution < -0.4 is 0 Å². The molecule has 0 saturated carbocycles. The van der Waals surface area contributed by atoms with E-state index in [4.69, 9.17) is 9.26 Å². The van der Waals surface area contributed by atoms with Crippen molar-refractivity contribution in [3.63, 3.8) is 0 Å². The number of rotatable bonds is 5. The molecule has 0 spiro atoms. The molecule has 0 aliphatic carbocycles. The van der Waals surface area contributed by atoms with Gasteiger partial charge in [-0.15, -0.1) is 0 Å². The van der Waals surface area contributed by atoms with Crippen molar-refractivity contribution in [2.45, 2.75) is 20.4 Å². The summed E-state index contributed by atoms with van der Waals surface area (Å²) >= 11 is 0. The van der Waals surface area contributed by atoms with Gasteiger partial charge in [0.1, 0.15) is 17.1 Å². The van der Waals surface area contributed by atoms with E-state index in [-0.39, 0.29) is 17.9 Å². The minimum absolute atomic E-state index is 0.222. The van der Waals surface area contributed by atoms with Gasteiger partial charge in [0.2, 0.25) is 0 Å². The molecule has 0 saturated heterocycles. The number of nitrogens with zero attached hydrogens (tertiary/aromatic N) is 2. The molecule has 0 unspecified atom stereocenters. The molecule has 2 rings (SSSR count). The van der Waals surface area contributed by atoms with Gasteiger partial charge < -0.3 is 14.2 Å². The summed E-state index contributed by atoms with van der Waals surface area (Å²) in [4.78, 5) is 25.3.